The van der Waals surface area contributed by atoms with Crippen LogP contribution in [0.1, 0.15) is 69.5 Å². The highest BCUT2D eigenvalue weighted by molar-refractivity contribution is 7.89. The number of hydrogen-bond acceptors (Lipinski definition) is 9. The molecule has 0 bridgehead atoms. The molecule has 0 unspecified atom stereocenters. The molecule has 4 heterocycles. The molecule has 3 aromatic heterocycles. The van der Waals surface area contributed by atoms with Crippen LogP contribution in [-0.2, 0) is 10.0 Å². The van der Waals surface area contributed by atoms with Crippen molar-refractivity contribution in [2.24, 2.45) is 0 Å². The quantitative estimate of drug-likeness (QED) is 0.380. The van der Waals surface area contributed by atoms with Crippen molar-refractivity contribution < 1.29 is 22.3 Å². The largest absolute Gasteiger partial charge is 0.395 e. The van der Waals surface area contributed by atoms with Crippen LogP contribution >= 0.6 is 11.3 Å². The van der Waals surface area contributed by atoms with Crippen LogP contribution in [0.25, 0.3) is 16.3 Å². The minimum Gasteiger partial charge on any atom is -0.395 e. The second-order valence-electron chi connectivity index (χ2n) is 11.6. The van der Waals surface area contributed by atoms with E-state index in [1.165, 1.54) is 6.20 Å². The third-order valence-electron chi connectivity index (χ3n) is 7.37. The van der Waals surface area contributed by atoms with Crippen LogP contribution in [0, 0.1) is 0 Å². The Bertz CT molecular complexity index is 1500. The third kappa shape index (κ3) is 4.81. The number of alkyl halides is 2. The molecule has 14 heteroatoms. The Morgan fingerprint density at radius 2 is 2.00 bits per heavy atom. The van der Waals surface area contributed by atoms with Crippen molar-refractivity contribution in [3.8, 4) is 10.7 Å². The molecule has 1 atom stereocenters. The van der Waals surface area contributed by atoms with Crippen LogP contribution in [0.2, 0.25) is 0 Å². The normalized spacial score (nSPS) is 22.9. The number of hydrogen-bond donors (Lipinski definition) is 3. The number of nitrogens with one attached hydrogen (secondary N) is 2. The summed E-state index contributed by atoms with van der Waals surface area (Å²) in [6.45, 7) is 6.82. The summed E-state index contributed by atoms with van der Waals surface area (Å²) in [5.74, 6) is 0.143. The van der Waals surface area contributed by atoms with Gasteiger partial charge in [0.25, 0.3) is 6.43 Å². The fraction of sp³-hybridized carbons (Fsp3) is 0.625. The first-order chi connectivity index (χ1) is 17.9. The van der Waals surface area contributed by atoms with E-state index < -0.39 is 27.0 Å². The Morgan fingerprint density at radius 3 is 2.61 bits per heavy atom. The summed E-state index contributed by atoms with van der Waals surface area (Å²) in [6, 6.07) is 1.41. The Kier molecular flexibility index (Phi) is 6.07. The van der Waals surface area contributed by atoms with Crippen molar-refractivity contribution in [3.63, 3.8) is 0 Å². The number of sulfonamides is 1. The van der Waals surface area contributed by atoms with Gasteiger partial charge in [0, 0.05) is 42.3 Å². The second-order valence-corrected chi connectivity index (χ2v) is 14.3. The topological polar surface area (TPSA) is 125 Å². The van der Waals surface area contributed by atoms with E-state index in [0.29, 0.717) is 35.8 Å². The Hall–Kier alpha value is -2.26. The standard InChI is InChI=1S/C24H31F2N7O3S2/c1-23(2)12-32(9-14(11-34)28-23)16-8-15(38(35,36)31-24(3)6-7-24)10-33-18(17(13-4-5-13)27-20(16)33)21-29-30-22(37-21)19(25)26/h8,10,13-14,19,28,31,34H,4-7,9,11-12H2,1-3H3/t14-/m1/s1. The molecule has 1 aliphatic heterocycles. The third-order valence-corrected chi connectivity index (χ3v) is 9.91. The highest BCUT2D eigenvalue weighted by Gasteiger charge is 2.42. The van der Waals surface area contributed by atoms with Crippen LogP contribution in [0.4, 0.5) is 14.5 Å². The molecular weight excluding hydrogens is 536 g/mol. The van der Waals surface area contributed by atoms with Crippen molar-refractivity contribution in [1.82, 2.24) is 29.6 Å². The fourth-order valence-electron chi connectivity index (χ4n) is 5.18. The highest BCUT2D eigenvalue weighted by atomic mass is 32.2. The summed E-state index contributed by atoms with van der Waals surface area (Å²) in [7, 11) is -3.90. The van der Waals surface area contributed by atoms with E-state index >= 15 is 0 Å². The van der Waals surface area contributed by atoms with Gasteiger partial charge < -0.3 is 15.3 Å². The summed E-state index contributed by atoms with van der Waals surface area (Å²) in [6.07, 6.45) is 2.10. The summed E-state index contributed by atoms with van der Waals surface area (Å²) < 4.78 is 58.5. The Balaban J connectivity index is 1.58. The van der Waals surface area contributed by atoms with Gasteiger partial charge in [-0.1, -0.05) is 11.3 Å². The molecule has 3 fully saturated rings. The molecule has 38 heavy (non-hydrogen) atoms. The lowest BCUT2D eigenvalue weighted by atomic mass is 9.98. The predicted molar refractivity (Wildman–Crippen MR) is 139 cm³/mol. The molecule has 0 radical (unpaired) electrons. The monoisotopic (exact) mass is 567 g/mol. The van der Waals surface area contributed by atoms with Gasteiger partial charge in [-0.25, -0.2) is 26.9 Å². The first-order valence-electron chi connectivity index (χ1n) is 12.7. The number of piperazine rings is 1. The summed E-state index contributed by atoms with van der Waals surface area (Å²) in [4.78, 5) is 7.07. The number of pyridine rings is 1. The molecular formula is C24H31F2N7O3S2. The van der Waals surface area contributed by atoms with Crippen LogP contribution < -0.4 is 14.9 Å². The van der Waals surface area contributed by atoms with Gasteiger partial charge in [0.15, 0.2) is 15.7 Å². The molecule has 3 aromatic rings. The lowest BCUT2D eigenvalue weighted by molar-refractivity contribution is 0.150. The van der Waals surface area contributed by atoms with Crippen LogP contribution in [0.3, 0.4) is 0 Å². The fourth-order valence-corrected chi connectivity index (χ4v) is 7.42. The number of aliphatic hydroxyl groups excluding tert-OH is 1. The zero-order chi connectivity index (χ0) is 27.0. The van der Waals surface area contributed by atoms with E-state index in [0.717, 1.165) is 37.0 Å². The van der Waals surface area contributed by atoms with Gasteiger partial charge >= 0.3 is 0 Å². The number of aromatic nitrogens is 4. The second kappa shape index (κ2) is 8.88. The average Bonchev–Trinajstić information content (AvgIpc) is 3.72. The van der Waals surface area contributed by atoms with Crippen molar-refractivity contribution in [3.05, 3.63) is 23.0 Å². The average molecular weight is 568 g/mol. The minimum absolute atomic E-state index is 0.0598. The smallest absolute Gasteiger partial charge is 0.291 e. The molecule has 2 aliphatic carbocycles. The van der Waals surface area contributed by atoms with Crippen molar-refractivity contribution in [1.29, 1.82) is 0 Å². The van der Waals surface area contributed by atoms with Crippen molar-refractivity contribution >= 4 is 32.7 Å². The van der Waals surface area contributed by atoms with Gasteiger partial charge in [-0.3, -0.25) is 4.40 Å². The van der Waals surface area contributed by atoms with Crippen molar-refractivity contribution in [2.75, 3.05) is 24.6 Å². The van der Waals surface area contributed by atoms with E-state index in [1.807, 2.05) is 25.7 Å². The maximum absolute atomic E-state index is 13.6. The maximum Gasteiger partial charge on any atom is 0.291 e. The summed E-state index contributed by atoms with van der Waals surface area (Å²) in [5.41, 5.74) is 1.52. The molecule has 0 spiro atoms. The van der Waals surface area contributed by atoms with Gasteiger partial charge in [0.05, 0.1) is 18.0 Å². The van der Waals surface area contributed by atoms with Crippen LogP contribution in [0.15, 0.2) is 17.2 Å². The summed E-state index contributed by atoms with van der Waals surface area (Å²) >= 11 is 0.797. The summed E-state index contributed by atoms with van der Waals surface area (Å²) in [5, 5.41) is 21.0. The van der Waals surface area contributed by atoms with Gasteiger partial charge in [-0.2, -0.15) is 0 Å². The number of halogens is 2. The minimum atomic E-state index is -3.90. The van der Waals surface area contributed by atoms with E-state index in [2.05, 4.69) is 20.2 Å². The number of nitrogens with zero attached hydrogens (tertiary/aromatic N) is 5. The molecule has 10 nitrogen and oxygen atoms in total. The number of fused-ring (bicyclic) bond motifs is 1. The molecule has 206 valence electrons. The molecule has 0 amide bonds. The van der Waals surface area contributed by atoms with Crippen LogP contribution in [-0.4, -0.2) is 69.9 Å². The van der Waals surface area contributed by atoms with E-state index in [1.54, 1.807) is 10.5 Å². The van der Waals surface area contributed by atoms with Gasteiger partial charge in [0.1, 0.15) is 10.6 Å². The van der Waals surface area contributed by atoms with Gasteiger partial charge in [-0.05, 0) is 52.5 Å². The lowest BCUT2D eigenvalue weighted by Gasteiger charge is -2.44. The Labute approximate surface area is 223 Å². The first-order valence-corrected chi connectivity index (χ1v) is 15.0. The van der Waals surface area contributed by atoms with Gasteiger partial charge in [0.2, 0.25) is 10.0 Å². The number of aliphatic hydroxyl groups is 1. The maximum atomic E-state index is 13.6. The van der Waals surface area contributed by atoms with Crippen molar-refractivity contribution in [2.45, 2.75) is 80.8 Å². The van der Waals surface area contributed by atoms with E-state index in [4.69, 9.17) is 4.98 Å². The lowest BCUT2D eigenvalue weighted by Crippen LogP contribution is -2.63. The van der Waals surface area contributed by atoms with E-state index in [-0.39, 0.29) is 34.0 Å². The number of imidazole rings is 1. The molecule has 0 aromatic carbocycles. The molecule has 6 rings (SSSR count). The molecule has 3 N–H and O–H groups in total. The highest BCUT2D eigenvalue weighted by Crippen LogP contribution is 2.46. The first kappa shape index (κ1) is 26.0. The van der Waals surface area contributed by atoms with Gasteiger partial charge in [-0.15, -0.1) is 10.2 Å². The number of rotatable bonds is 8. The molecule has 3 aliphatic rings. The zero-order valence-electron chi connectivity index (χ0n) is 21.4. The predicted octanol–water partition coefficient (Wildman–Crippen LogP) is 3.05. The SMILES string of the molecule is CC1(C)CN(c2cc(S(=O)(=O)NC3(C)CC3)cn3c(-c4nnc(C(F)F)s4)c(C4CC4)nc23)C[C@H](CO)N1. The van der Waals surface area contributed by atoms with Crippen LogP contribution in [0.5, 0.6) is 0 Å². The molecule has 2 saturated carbocycles. The van der Waals surface area contributed by atoms with E-state index in [9.17, 15) is 22.3 Å². The Morgan fingerprint density at radius 1 is 1.26 bits per heavy atom. The number of anilines is 1. The molecule has 1 saturated heterocycles. The zero-order valence-corrected chi connectivity index (χ0v) is 23.0.